The third kappa shape index (κ3) is 3.88. The van der Waals surface area contributed by atoms with E-state index in [4.69, 9.17) is 11.6 Å². The van der Waals surface area contributed by atoms with Crippen molar-refractivity contribution in [3.8, 4) is 0 Å². The van der Waals surface area contributed by atoms with E-state index in [0.29, 0.717) is 16.7 Å². The first-order valence-corrected chi connectivity index (χ1v) is 9.61. The van der Waals surface area contributed by atoms with E-state index in [0.717, 1.165) is 23.1 Å². The molecule has 1 aliphatic rings. The minimum atomic E-state index is -0.318. The molecule has 1 aliphatic carbocycles. The molecule has 0 unspecified atom stereocenters. The van der Waals surface area contributed by atoms with Gasteiger partial charge in [-0.3, -0.25) is 0 Å². The molecule has 3 nitrogen and oxygen atoms in total. The fourth-order valence-electron chi connectivity index (χ4n) is 2.75. The highest BCUT2D eigenvalue weighted by atomic mass is 35.5. The van der Waals surface area contributed by atoms with Crippen molar-refractivity contribution >= 4 is 23.4 Å². The molecule has 1 aromatic heterocycles. The molecule has 0 spiro atoms. The predicted molar refractivity (Wildman–Crippen MR) is 98.5 cm³/mol. The SMILES string of the molecule is Fc1ccc(CSc2nnc(C3CC3)n2Cc2ccccc2)c(Cl)c1. The highest BCUT2D eigenvalue weighted by Crippen LogP contribution is 2.40. The van der Waals surface area contributed by atoms with Crippen LogP contribution in [-0.4, -0.2) is 14.8 Å². The molecule has 25 heavy (non-hydrogen) atoms. The van der Waals surface area contributed by atoms with Crippen LogP contribution in [0.5, 0.6) is 0 Å². The lowest BCUT2D eigenvalue weighted by molar-refractivity contribution is 0.627. The van der Waals surface area contributed by atoms with Crippen molar-refractivity contribution < 1.29 is 4.39 Å². The number of aromatic nitrogens is 3. The first-order valence-electron chi connectivity index (χ1n) is 8.24. The van der Waals surface area contributed by atoms with E-state index in [2.05, 4.69) is 26.9 Å². The van der Waals surface area contributed by atoms with Gasteiger partial charge in [-0.1, -0.05) is 59.8 Å². The quantitative estimate of drug-likeness (QED) is 0.550. The number of hydrogen-bond donors (Lipinski definition) is 0. The van der Waals surface area contributed by atoms with Crippen molar-refractivity contribution in [2.75, 3.05) is 0 Å². The summed E-state index contributed by atoms with van der Waals surface area (Å²) in [5.74, 6) is 1.91. The molecule has 3 aromatic rings. The maximum atomic E-state index is 13.2. The third-order valence-electron chi connectivity index (χ3n) is 4.24. The van der Waals surface area contributed by atoms with Crippen molar-refractivity contribution in [1.29, 1.82) is 0 Å². The fraction of sp³-hybridized carbons (Fsp3) is 0.263. The molecule has 6 heteroatoms. The molecule has 1 fully saturated rings. The van der Waals surface area contributed by atoms with E-state index in [1.807, 2.05) is 18.2 Å². The molecule has 4 rings (SSSR count). The number of halogens is 2. The maximum absolute atomic E-state index is 13.2. The lowest BCUT2D eigenvalue weighted by Gasteiger charge is -2.10. The molecule has 2 aromatic carbocycles. The van der Waals surface area contributed by atoms with Crippen LogP contribution >= 0.6 is 23.4 Å². The normalized spacial score (nSPS) is 14.0. The number of thioether (sulfide) groups is 1. The third-order valence-corrected chi connectivity index (χ3v) is 5.61. The Balaban J connectivity index is 1.56. The van der Waals surface area contributed by atoms with E-state index in [1.165, 1.54) is 30.5 Å². The van der Waals surface area contributed by atoms with Gasteiger partial charge in [0.15, 0.2) is 5.16 Å². The van der Waals surface area contributed by atoms with Gasteiger partial charge in [0.2, 0.25) is 0 Å². The lowest BCUT2D eigenvalue weighted by Crippen LogP contribution is -2.06. The van der Waals surface area contributed by atoms with Crippen LogP contribution in [0.1, 0.15) is 35.7 Å². The molecule has 128 valence electrons. The Morgan fingerprint density at radius 3 is 2.64 bits per heavy atom. The van der Waals surface area contributed by atoms with Gasteiger partial charge in [-0.15, -0.1) is 10.2 Å². The first kappa shape index (κ1) is 16.6. The second kappa shape index (κ2) is 7.18. The van der Waals surface area contributed by atoms with Crippen molar-refractivity contribution in [2.45, 2.75) is 36.2 Å². The van der Waals surface area contributed by atoms with Gasteiger partial charge in [-0.2, -0.15) is 0 Å². The molecule has 0 saturated heterocycles. The minimum absolute atomic E-state index is 0.318. The Kier molecular flexibility index (Phi) is 4.77. The van der Waals surface area contributed by atoms with Crippen LogP contribution in [0.15, 0.2) is 53.7 Å². The summed E-state index contributed by atoms with van der Waals surface area (Å²) in [6.45, 7) is 0.763. The lowest BCUT2D eigenvalue weighted by atomic mass is 10.2. The summed E-state index contributed by atoms with van der Waals surface area (Å²) < 4.78 is 15.4. The first-order chi connectivity index (χ1) is 12.2. The molecule has 0 aliphatic heterocycles. The number of hydrogen-bond acceptors (Lipinski definition) is 3. The summed E-state index contributed by atoms with van der Waals surface area (Å²) >= 11 is 7.72. The zero-order valence-electron chi connectivity index (χ0n) is 13.5. The van der Waals surface area contributed by atoms with Gasteiger partial charge in [-0.25, -0.2) is 4.39 Å². The van der Waals surface area contributed by atoms with Crippen molar-refractivity contribution in [3.63, 3.8) is 0 Å². The van der Waals surface area contributed by atoms with Crippen LogP contribution in [0, 0.1) is 5.82 Å². The highest BCUT2D eigenvalue weighted by molar-refractivity contribution is 7.98. The Morgan fingerprint density at radius 1 is 1.12 bits per heavy atom. The van der Waals surface area contributed by atoms with Crippen molar-refractivity contribution in [3.05, 3.63) is 76.3 Å². The highest BCUT2D eigenvalue weighted by Gasteiger charge is 2.30. The fourth-order valence-corrected chi connectivity index (χ4v) is 4.01. The Morgan fingerprint density at radius 2 is 1.92 bits per heavy atom. The van der Waals surface area contributed by atoms with E-state index in [1.54, 1.807) is 17.8 Å². The molecule has 0 atom stereocenters. The molecular weight excluding hydrogens is 357 g/mol. The molecule has 0 bridgehead atoms. The summed E-state index contributed by atoms with van der Waals surface area (Å²) in [6.07, 6.45) is 2.36. The average molecular weight is 374 g/mol. The second-order valence-corrected chi connectivity index (χ2v) is 7.56. The maximum Gasteiger partial charge on any atom is 0.191 e. The van der Waals surface area contributed by atoms with Crippen LogP contribution in [0.2, 0.25) is 5.02 Å². The number of rotatable bonds is 6. The van der Waals surface area contributed by atoms with Crippen molar-refractivity contribution in [1.82, 2.24) is 14.8 Å². The Hall–Kier alpha value is -1.85. The van der Waals surface area contributed by atoms with E-state index < -0.39 is 0 Å². The van der Waals surface area contributed by atoms with Crippen LogP contribution in [0.25, 0.3) is 0 Å². The van der Waals surface area contributed by atoms with Gasteiger partial charge in [0.1, 0.15) is 11.6 Å². The molecule has 0 radical (unpaired) electrons. The summed E-state index contributed by atoms with van der Waals surface area (Å²) in [7, 11) is 0. The van der Waals surface area contributed by atoms with Gasteiger partial charge in [0.25, 0.3) is 0 Å². The number of nitrogens with zero attached hydrogens (tertiary/aromatic N) is 3. The average Bonchev–Trinajstić information content (AvgIpc) is 3.38. The predicted octanol–water partition coefficient (Wildman–Crippen LogP) is 5.29. The molecule has 1 saturated carbocycles. The summed E-state index contributed by atoms with van der Waals surface area (Å²) in [5, 5.41) is 10.1. The van der Waals surface area contributed by atoms with E-state index in [9.17, 15) is 4.39 Å². The molecular formula is C19H17ClFN3S. The van der Waals surface area contributed by atoms with Crippen LogP contribution in [-0.2, 0) is 12.3 Å². The zero-order chi connectivity index (χ0) is 17.2. The molecule has 0 amide bonds. The zero-order valence-corrected chi connectivity index (χ0v) is 15.1. The van der Waals surface area contributed by atoms with Gasteiger partial charge in [0.05, 0.1) is 6.54 Å². The monoisotopic (exact) mass is 373 g/mol. The van der Waals surface area contributed by atoms with Gasteiger partial charge in [0, 0.05) is 16.7 Å². The topological polar surface area (TPSA) is 30.7 Å². The summed E-state index contributed by atoms with van der Waals surface area (Å²) in [4.78, 5) is 0. The molecule has 0 N–H and O–H groups in total. The molecule has 1 heterocycles. The van der Waals surface area contributed by atoms with Crippen LogP contribution in [0.3, 0.4) is 0 Å². The van der Waals surface area contributed by atoms with Gasteiger partial charge in [-0.05, 0) is 36.1 Å². The standard InChI is InChI=1S/C19H17ClFN3S/c20-17-10-16(21)9-8-15(17)12-25-19-23-22-18(14-6-7-14)24(19)11-13-4-2-1-3-5-13/h1-5,8-10,14H,6-7,11-12H2. The van der Waals surface area contributed by atoms with Crippen molar-refractivity contribution in [2.24, 2.45) is 0 Å². The Bertz CT molecular complexity index is 878. The van der Waals surface area contributed by atoms with Crippen LogP contribution in [0.4, 0.5) is 4.39 Å². The van der Waals surface area contributed by atoms with Gasteiger partial charge >= 0.3 is 0 Å². The smallest absolute Gasteiger partial charge is 0.191 e. The van der Waals surface area contributed by atoms with E-state index >= 15 is 0 Å². The van der Waals surface area contributed by atoms with Gasteiger partial charge < -0.3 is 4.57 Å². The minimum Gasteiger partial charge on any atom is -0.301 e. The number of benzene rings is 2. The largest absolute Gasteiger partial charge is 0.301 e. The van der Waals surface area contributed by atoms with Crippen LogP contribution < -0.4 is 0 Å². The van der Waals surface area contributed by atoms with E-state index in [-0.39, 0.29) is 5.82 Å². The second-order valence-electron chi connectivity index (χ2n) is 6.21. The summed E-state index contributed by atoms with van der Waals surface area (Å²) in [6, 6.07) is 14.8. The Labute approximate surface area is 155 Å². The summed E-state index contributed by atoms with van der Waals surface area (Å²) in [5.41, 5.74) is 2.13.